The SMILES string of the molecule is Cc1c(NSc2ccc3c(c2)CN(Cc2ccc(OCC(F)(F)F)nc2)CC3)noc1C(C)(C)C. The lowest BCUT2D eigenvalue weighted by Crippen LogP contribution is -2.30. The highest BCUT2D eigenvalue weighted by Crippen LogP contribution is 2.33. The van der Waals surface area contributed by atoms with Crippen LogP contribution in [0.2, 0.25) is 0 Å². The monoisotopic (exact) mass is 506 g/mol. The first-order chi connectivity index (χ1) is 16.5. The summed E-state index contributed by atoms with van der Waals surface area (Å²) in [5, 5.41) is 4.19. The van der Waals surface area contributed by atoms with Gasteiger partial charge in [-0.25, -0.2) is 4.98 Å². The molecule has 1 aliphatic rings. The van der Waals surface area contributed by atoms with Crippen LogP contribution in [0.5, 0.6) is 5.88 Å². The van der Waals surface area contributed by atoms with Crippen LogP contribution in [-0.2, 0) is 24.9 Å². The van der Waals surface area contributed by atoms with Crippen LogP contribution in [0.3, 0.4) is 0 Å². The third-order valence-corrected chi connectivity index (χ3v) is 6.51. The number of alkyl halides is 3. The van der Waals surface area contributed by atoms with Crippen LogP contribution in [0.4, 0.5) is 19.0 Å². The molecular formula is C25H29F3N4O2S. The Morgan fingerprint density at radius 1 is 1.14 bits per heavy atom. The molecule has 1 aromatic carbocycles. The van der Waals surface area contributed by atoms with E-state index in [9.17, 15) is 13.2 Å². The van der Waals surface area contributed by atoms with Crippen molar-refractivity contribution in [3.8, 4) is 5.88 Å². The summed E-state index contributed by atoms with van der Waals surface area (Å²) in [7, 11) is 0. The summed E-state index contributed by atoms with van der Waals surface area (Å²) >= 11 is 1.50. The minimum absolute atomic E-state index is 0.0267. The molecule has 0 spiro atoms. The molecule has 1 aliphatic heterocycles. The van der Waals surface area contributed by atoms with E-state index in [1.54, 1.807) is 12.3 Å². The molecule has 0 aliphatic carbocycles. The number of hydrogen-bond donors (Lipinski definition) is 1. The lowest BCUT2D eigenvalue weighted by atomic mass is 9.91. The summed E-state index contributed by atoms with van der Waals surface area (Å²) in [4.78, 5) is 7.39. The predicted molar refractivity (Wildman–Crippen MR) is 129 cm³/mol. The summed E-state index contributed by atoms with van der Waals surface area (Å²) in [6.45, 7) is 9.30. The summed E-state index contributed by atoms with van der Waals surface area (Å²) in [5.74, 6) is 1.58. The molecule has 0 saturated heterocycles. The molecule has 2 aromatic heterocycles. The van der Waals surface area contributed by atoms with Gasteiger partial charge in [0, 0.05) is 47.8 Å². The Morgan fingerprint density at radius 3 is 2.60 bits per heavy atom. The van der Waals surface area contributed by atoms with Crippen molar-refractivity contribution < 1.29 is 22.4 Å². The molecule has 0 atom stereocenters. The highest BCUT2D eigenvalue weighted by Gasteiger charge is 2.28. The molecule has 0 saturated carbocycles. The van der Waals surface area contributed by atoms with Crippen molar-refractivity contribution in [2.24, 2.45) is 0 Å². The second-order valence-corrected chi connectivity index (χ2v) is 10.6. The highest BCUT2D eigenvalue weighted by atomic mass is 32.2. The molecule has 0 bridgehead atoms. The van der Waals surface area contributed by atoms with Crippen molar-refractivity contribution >= 4 is 17.8 Å². The van der Waals surface area contributed by atoms with Gasteiger partial charge in [-0.3, -0.25) is 4.90 Å². The largest absolute Gasteiger partial charge is 0.468 e. The van der Waals surface area contributed by atoms with Gasteiger partial charge in [0.1, 0.15) is 5.76 Å². The zero-order valence-corrected chi connectivity index (χ0v) is 21.0. The average molecular weight is 507 g/mol. The first-order valence-electron chi connectivity index (χ1n) is 11.4. The quantitative estimate of drug-likeness (QED) is 0.378. The third kappa shape index (κ3) is 6.70. The fraction of sp³-hybridized carbons (Fsp3) is 0.440. The lowest BCUT2D eigenvalue weighted by molar-refractivity contribution is -0.154. The summed E-state index contributed by atoms with van der Waals surface area (Å²) in [6, 6.07) is 9.70. The predicted octanol–water partition coefficient (Wildman–Crippen LogP) is 6.29. The lowest BCUT2D eigenvalue weighted by Gasteiger charge is -2.29. The molecule has 1 N–H and O–H groups in total. The van der Waals surface area contributed by atoms with Gasteiger partial charge in [-0.1, -0.05) is 38.1 Å². The van der Waals surface area contributed by atoms with Crippen LogP contribution < -0.4 is 9.46 Å². The van der Waals surface area contributed by atoms with E-state index < -0.39 is 12.8 Å². The van der Waals surface area contributed by atoms with Gasteiger partial charge < -0.3 is 14.0 Å². The first kappa shape index (κ1) is 25.4. The van der Waals surface area contributed by atoms with Gasteiger partial charge in [-0.15, -0.1) is 0 Å². The Kier molecular flexibility index (Phi) is 7.32. The van der Waals surface area contributed by atoms with Crippen LogP contribution in [0.1, 0.15) is 48.8 Å². The molecule has 0 unspecified atom stereocenters. The topological polar surface area (TPSA) is 63.4 Å². The molecule has 3 heterocycles. The minimum atomic E-state index is -4.38. The molecule has 188 valence electrons. The van der Waals surface area contributed by atoms with Crippen molar-refractivity contribution in [3.05, 3.63) is 64.5 Å². The van der Waals surface area contributed by atoms with Crippen LogP contribution >= 0.6 is 11.9 Å². The van der Waals surface area contributed by atoms with E-state index in [0.717, 1.165) is 47.1 Å². The van der Waals surface area contributed by atoms with Crippen LogP contribution in [0.25, 0.3) is 0 Å². The van der Waals surface area contributed by atoms with Crippen LogP contribution in [-0.4, -0.2) is 34.4 Å². The zero-order valence-electron chi connectivity index (χ0n) is 20.2. The smallest absolute Gasteiger partial charge is 0.422 e. The standard InChI is InChI=1S/C25H29F3N4O2S/c1-16-22(24(2,3)4)34-30-23(16)31-35-20-7-6-18-9-10-32(14-19(18)11-20)13-17-5-8-21(29-12-17)33-15-25(26,27)28/h5-8,11-12H,9-10,13-15H2,1-4H3,(H,30,31). The number of rotatable bonds is 7. The number of benzene rings is 1. The molecule has 0 radical (unpaired) electrons. The van der Waals surface area contributed by atoms with Gasteiger partial charge in [0.15, 0.2) is 12.4 Å². The summed E-state index contributed by atoms with van der Waals surface area (Å²) in [6.07, 6.45) is -1.87. The van der Waals surface area contributed by atoms with E-state index in [0.29, 0.717) is 6.54 Å². The number of nitrogens with one attached hydrogen (secondary N) is 1. The summed E-state index contributed by atoms with van der Waals surface area (Å²) in [5.41, 5.74) is 4.41. The molecular weight excluding hydrogens is 477 g/mol. The Labute approximate surface area is 207 Å². The maximum Gasteiger partial charge on any atom is 0.422 e. The molecule has 6 nitrogen and oxygen atoms in total. The zero-order chi connectivity index (χ0) is 25.2. The van der Waals surface area contributed by atoms with Crippen molar-refractivity contribution in [2.45, 2.75) is 63.7 Å². The third-order valence-electron chi connectivity index (χ3n) is 5.73. The van der Waals surface area contributed by atoms with Crippen LogP contribution in [0, 0.1) is 6.92 Å². The Hall–Kier alpha value is -2.72. The number of hydrogen-bond acceptors (Lipinski definition) is 7. The molecule has 0 fully saturated rings. The Balaban J connectivity index is 1.35. The number of anilines is 1. The fourth-order valence-corrected chi connectivity index (χ4v) is 4.77. The van der Waals surface area contributed by atoms with E-state index in [1.165, 1.54) is 29.1 Å². The van der Waals surface area contributed by atoms with Gasteiger partial charge >= 0.3 is 6.18 Å². The van der Waals surface area contributed by atoms with E-state index >= 15 is 0 Å². The van der Waals surface area contributed by atoms with E-state index in [1.807, 2.05) is 6.92 Å². The first-order valence-corrected chi connectivity index (χ1v) is 12.2. The van der Waals surface area contributed by atoms with Gasteiger partial charge in [0.2, 0.25) is 5.88 Å². The fourth-order valence-electron chi connectivity index (χ4n) is 4.03. The van der Waals surface area contributed by atoms with Crippen molar-refractivity contribution in [2.75, 3.05) is 17.9 Å². The van der Waals surface area contributed by atoms with Crippen LogP contribution in [0.15, 0.2) is 45.9 Å². The number of fused-ring (bicyclic) bond motifs is 1. The second-order valence-electron chi connectivity index (χ2n) is 9.74. The molecule has 0 amide bonds. The number of nitrogens with zero attached hydrogens (tertiary/aromatic N) is 3. The Bertz CT molecular complexity index is 1160. The second kappa shape index (κ2) is 10.1. The number of aromatic nitrogens is 2. The molecule has 3 aromatic rings. The number of pyridine rings is 1. The van der Waals surface area contributed by atoms with E-state index in [-0.39, 0.29) is 11.3 Å². The normalized spacial score (nSPS) is 14.6. The van der Waals surface area contributed by atoms with Gasteiger partial charge in [-0.2, -0.15) is 13.2 Å². The van der Waals surface area contributed by atoms with E-state index in [4.69, 9.17) is 4.52 Å². The Morgan fingerprint density at radius 2 is 1.94 bits per heavy atom. The number of ether oxygens (including phenoxy) is 1. The molecule has 35 heavy (non-hydrogen) atoms. The average Bonchev–Trinajstić information content (AvgIpc) is 3.17. The van der Waals surface area contributed by atoms with Crippen molar-refractivity contribution in [1.29, 1.82) is 0 Å². The van der Waals surface area contributed by atoms with Gasteiger partial charge in [-0.05, 0) is 54.1 Å². The highest BCUT2D eigenvalue weighted by molar-refractivity contribution is 8.00. The van der Waals surface area contributed by atoms with E-state index in [2.05, 4.69) is 63.5 Å². The molecule has 10 heteroatoms. The number of halogens is 3. The maximum absolute atomic E-state index is 12.3. The maximum atomic E-state index is 12.3. The van der Waals surface area contributed by atoms with Crippen molar-refractivity contribution in [1.82, 2.24) is 15.0 Å². The van der Waals surface area contributed by atoms with Gasteiger partial charge in [0.05, 0.1) is 0 Å². The van der Waals surface area contributed by atoms with Crippen molar-refractivity contribution in [3.63, 3.8) is 0 Å². The minimum Gasteiger partial charge on any atom is -0.468 e. The molecule has 4 rings (SSSR count). The summed E-state index contributed by atoms with van der Waals surface area (Å²) < 4.78 is 50.5. The van der Waals surface area contributed by atoms with Gasteiger partial charge in [0.25, 0.3) is 0 Å².